The summed E-state index contributed by atoms with van der Waals surface area (Å²) >= 11 is 0. The number of rotatable bonds is 7. The normalized spacial score (nSPS) is 11.3. The van der Waals surface area contributed by atoms with Crippen LogP contribution in [0.2, 0.25) is 0 Å². The molecule has 2 rings (SSSR count). The highest BCUT2D eigenvalue weighted by Gasteiger charge is 2.20. The van der Waals surface area contributed by atoms with Crippen molar-refractivity contribution in [2.24, 2.45) is 5.73 Å². The molecular weight excluding hydrogens is 294 g/mol. The molecule has 0 saturated carbocycles. The van der Waals surface area contributed by atoms with Crippen LogP contribution in [-0.2, 0) is 4.79 Å². The molecule has 7 heteroatoms. The van der Waals surface area contributed by atoms with Gasteiger partial charge in [-0.05, 0) is 37.9 Å². The smallest absolute Gasteiger partial charge is 0.266 e. The molecule has 3 N–H and O–H groups in total. The van der Waals surface area contributed by atoms with Gasteiger partial charge in [-0.1, -0.05) is 19.9 Å². The topological polar surface area (TPSA) is 107 Å². The molecule has 1 unspecified atom stereocenters. The lowest BCUT2D eigenvalue weighted by molar-refractivity contribution is -0.119. The summed E-state index contributed by atoms with van der Waals surface area (Å²) in [5.74, 6) is 0.605. The van der Waals surface area contributed by atoms with Gasteiger partial charge in [0.2, 0.25) is 11.8 Å². The largest absolute Gasteiger partial charge is 0.417 e. The second kappa shape index (κ2) is 10.4. The van der Waals surface area contributed by atoms with Gasteiger partial charge in [0.1, 0.15) is 11.7 Å². The van der Waals surface area contributed by atoms with Gasteiger partial charge in [0.05, 0.1) is 0 Å². The Morgan fingerprint density at radius 1 is 1.30 bits per heavy atom. The van der Waals surface area contributed by atoms with Crippen molar-refractivity contribution in [3.8, 4) is 11.6 Å². The third kappa shape index (κ3) is 6.15. The number of amides is 1. The first-order valence-electron chi connectivity index (χ1n) is 7.92. The number of nitrogens with zero attached hydrogens (tertiary/aromatic N) is 3. The maximum atomic E-state index is 11.3. The van der Waals surface area contributed by atoms with Gasteiger partial charge >= 0.3 is 0 Å². The van der Waals surface area contributed by atoms with Crippen molar-refractivity contribution in [3.63, 3.8) is 0 Å². The third-order valence-corrected chi connectivity index (χ3v) is 2.95. The number of carbonyl (C=O) groups excluding carboxylic acids is 1. The van der Waals surface area contributed by atoms with Crippen LogP contribution in [0.15, 0.2) is 28.8 Å². The van der Waals surface area contributed by atoms with Crippen LogP contribution in [0.1, 0.15) is 52.0 Å². The van der Waals surface area contributed by atoms with Crippen LogP contribution in [0, 0.1) is 0 Å². The fraction of sp³-hybridized carbons (Fsp3) is 0.500. The van der Waals surface area contributed by atoms with Gasteiger partial charge in [-0.2, -0.15) is 0 Å². The van der Waals surface area contributed by atoms with Crippen LogP contribution >= 0.6 is 0 Å². The van der Waals surface area contributed by atoms with E-state index in [0.717, 1.165) is 12.8 Å². The van der Waals surface area contributed by atoms with E-state index in [1.165, 1.54) is 6.92 Å². The van der Waals surface area contributed by atoms with E-state index in [1.807, 2.05) is 26.0 Å². The fourth-order valence-electron chi connectivity index (χ4n) is 1.96. The molecule has 126 valence electrons. The Hall–Kier alpha value is -2.28. The zero-order valence-corrected chi connectivity index (χ0v) is 14.0. The van der Waals surface area contributed by atoms with Gasteiger partial charge in [-0.25, -0.2) is 0 Å². The van der Waals surface area contributed by atoms with E-state index < -0.39 is 0 Å². The summed E-state index contributed by atoms with van der Waals surface area (Å²) in [6.07, 6.45) is 4.13. The Labute approximate surface area is 136 Å². The average Bonchev–Trinajstić information content (AvgIpc) is 3.06. The summed E-state index contributed by atoms with van der Waals surface area (Å²) < 4.78 is 5.63. The third-order valence-electron chi connectivity index (χ3n) is 2.95. The highest BCUT2D eigenvalue weighted by molar-refractivity contribution is 5.73. The molecule has 0 fully saturated rings. The molecule has 0 saturated heterocycles. The highest BCUT2D eigenvalue weighted by Crippen LogP contribution is 2.22. The van der Waals surface area contributed by atoms with Crippen molar-refractivity contribution in [2.75, 3.05) is 6.54 Å². The van der Waals surface area contributed by atoms with Gasteiger partial charge in [-0.15, -0.1) is 10.2 Å². The van der Waals surface area contributed by atoms with E-state index in [4.69, 9.17) is 10.2 Å². The molecule has 0 spiro atoms. The van der Waals surface area contributed by atoms with E-state index in [9.17, 15) is 4.79 Å². The number of pyridine rings is 1. The Bertz CT molecular complexity index is 571. The van der Waals surface area contributed by atoms with E-state index in [1.54, 1.807) is 12.3 Å². The lowest BCUT2D eigenvalue weighted by Crippen LogP contribution is -2.26. The predicted octanol–water partition coefficient (Wildman–Crippen LogP) is 2.46. The molecule has 1 atom stereocenters. The van der Waals surface area contributed by atoms with Crippen LogP contribution in [0.3, 0.4) is 0 Å². The molecular formula is C16H25N5O2. The Morgan fingerprint density at radius 2 is 2.09 bits per heavy atom. The molecule has 0 aliphatic carbocycles. The lowest BCUT2D eigenvalue weighted by Gasteiger charge is -2.13. The van der Waals surface area contributed by atoms with Gasteiger partial charge in [0.15, 0.2) is 0 Å². The SMILES string of the molecule is CC.CC(=O)NC(CCCCN)c1nnc(-c2ccccn2)o1. The van der Waals surface area contributed by atoms with E-state index in [-0.39, 0.29) is 11.9 Å². The van der Waals surface area contributed by atoms with E-state index in [0.29, 0.717) is 30.4 Å². The number of nitrogens with two attached hydrogens (primary N) is 1. The summed E-state index contributed by atoms with van der Waals surface area (Å²) in [5, 5.41) is 10.8. The van der Waals surface area contributed by atoms with Crippen molar-refractivity contribution >= 4 is 5.91 Å². The maximum absolute atomic E-state index is 11.3. The van der Waals surface area contributed by atoms with E-state index in [2.05, 4.69) is 20.5 Å². The van der Waals surface area contributed by atoms with Crippen LogP contribution in [0.4, 0.5) is 0 Å². The lowest BCUT2D eigenvalue weighted by atomic mass is 10.1. The number of aromatic nitrogens is 3. The molecule has 2 aromatic rings. The predicted molar refractivity (Wildman–Crippen MR) is 88.3 cm³/mol. The van der Waals surface area contributed by atoms with Gasteiger partial charge in [0, 0.05) is 13.1 Å². The molecule has 23 heavy (non-hydrogen) atoms. The van der Waals surface area contributed by atoms with E-state index >= 15 is 0 Å². The maximum Gasteiger partial charge on any atom is 0.266 e. The summed E-state index contributed by atoms with van der Waals surface area (Å²) in [7, 11) is 0. The fourth-order valence-corrected chi connectivity index (χ4v) is 1.96. The quantitative estimate of drug-likeness (QED) is 0.759. The number of carbonyl (C=O) groups is 1. The number of unbranched alkanes of at least 4 members (excludes halogenated alkanes) is 1. The highest BCUT2D eigenvalue weighted by atomic mass is 16.4. The minimum Gasteiger partial charge on any atom is -0.417 e. The van der Waals surface area contributed by atoms with Crippen molar-refractivity contribution in [2.45, 2.75) is 46.1 Å². The molecule has 0 radical (unpaired) electrons. The van der Waals surface area contributed by atoms with Crippen molar-refractivity contribution < 1.29 is 9.21 Å². The molecule has 0 aromatic carbocycles. The van der Waals surface area contributed by atoms with Crippen molar-refractivity contribution in [1.29, 1.82) is 0 Å². The standard InChI is InChI=1S/C14H19N5O2.C2H6/c1-10(20)17-12(7-2-4-8-15)14-19-18-13(21-14)11-6-3-5-9-16-11;1-2/h3,5-6,9,12H,2,4,7-8,15H2,1H3,(H,17,20);1-2H3. The second-order valence-electron chi connectivity index (χ2n) is 4.70. The summed E-state index contributed by atoms with van der Waals surface area (Å²) in [6.45, 7) is 6.09. The zero-order valence-electron chi connectivity index (χ0n) is 14.0. The minimum atomic E-state index is -0.293. The molecule has 2 aromatic heterocycles. The molecule has 1 amide bonds. The Morgan fingerprint density at radius 3 is 2.70 bits per heavy atom. The first-order valence-corrected chi connectivity index (χ1v) is 7.92. The number of nitrogens with one attached hydrogen (secondary N) is 1. The van der Waals surface area contributed by atoms with Gasteiger partial charge in [-0.3, -0.25) is 9.78 Å². The average molecular weight is 319 g/mol. The van der Waals surface area contributed by atoms with Gasteiger partial charge in [0.25, 0.3) is 5.89 Å². The molecule has 7 nitrogen and oxygen atoms in total. The zero-order chi connectivity index (χ0) is 17.1. The van der Waals surface area contributed by atoms with Crippen LogP contribution in [-0.4, -0.2) is 27.6 Å². The first kappa shape index (κ1) is 18.8. The van der Waals surface area contributed by atoms with Crippen molar-refractivity contribution in [3.05, 3.63) is 30.3 Å². The Kier molecular flexibility index (Phi) is 8.52. The molecule has 0 aliphatic rings. The summed E-state index contributed by atoms with van der Waals surface area (Å²) in [5.41, 5.74) is 6.10. The second-order valence-corrected chi connectivity index (χ2v) is 4.70. The monoisotopic (exact) mass is 319 g/mol. The van der Waals surface area contributed by atoms with Crippen LogP contribution < -0.4 is 11.1 Å². The molecule has 0 bridgehead atoms. The number of hydrogen-bond acceptors (Lipinski definition) is 6. The van der Waals surface area contributed by atoms with Crippen LogP contribution in [0.25, 0.3) is 11.6 Å². The Balaban J connectivity index is 0.00000127. The molecule has 0 aliphatic heterocycles. The summed E-state index contributed by atoms with van der Waals surface area (Å²) in [6, 6.07) is 5.16. The minimum absolute atomic E-state index is 0.134. The van der Waals surface area contributed by atoms with Gasteiger partial charge < -0.3 is 15.5 Å². The van der Waals surface area contributed by atoms with Crippen LogP contribution in [0.5, 0.6) is 0 Å². The first-order chi connectivity index (χ1) is 11.2. The van der Waals surface area contributed by atoms with Crippen molar-refractivity contribution in [1.82, 2.24) is 20.5 Å². The summed E-state index contributed by atoms with van der Waals surface area (Å²) in [4.78, 5) is 15.5. The number of hydrogen-bond donors (Lipinski definition) is 2. The molecule has 2 heterocycles.